The van der Waals surface area contributed by atoms with E-state index in [1.807, 2.05) is 12.1 Å². The lowest BCUT2D eigenvalue weighted by atomic mass is 10.1. The fourth-order valence-electron chi connectivity index (χ4n) is 2.72. The van der Waals surface area contributed by atoms with Crippen LogP contribution in [0.4, 0.5) is 5.69 Å². The number of Topliss-reactive ketones (excluding diaryl/α,β-unsaturated/α-hetero) is 1. The van der Waals surface area contributed by atoms with Crippen LogP contribution in [0.3, 0.4) is 0 Å². The lowest BCUT2D eigenvalue weighted by Crippen LogP contribution is -2.24. The number of aryl methyl sites for hydroxylation is 1. The summed E-state index contributed by atoms with van der Waals surface area (Å²) in [4.78, 5) is 35.7. The van der Waals surface area contributed by atoms with Gasteiger partial charge in [-0.2, -0.15) is 0 Å². The minimum atomic E-state index is -0.908. The molecule has 0 unspecified atom stereocenters. The second-order valence-electron chi connectivity index (χ2n) is 6.48. The van der Waals surface area contributed by atoms with Crippen LogP contribution >= 0.6 is 0 Å². The molecule has 0 spiro atoms. The number of ketones is 1. The summed E-state index contributed by atoms with van der Waals surface area (Å²) in [6.45, 7) is 2.94. The highest BCUT2D eigenvalue weighted by molar-refractivity contribution is 6.00. The highest BCUT2D eigenvalue weighted by Crippen LogP contribution is 2.23. The van der Waals surface area contributed by atoms with E-state index in [1.54, 1.807) is 44.6 Å². The van der Waals surface area contributed by atoms with E-state index in [0.717, 1.165) is 5.56 Å². The number of carbonyl (C=O) groups excluding carboxylic acids is 3. The van der Waals surface area contributed by atoms with Gasteiger partial charge in [0.2, 0.25) is 11.7 Å². The van der Waals surface area contributed by atoms with Crippen molar-refractivity contribution in [2.45, 2.75) is 32.8 Å². The van der Waals surface area contributed by atoms with Crippen molar-refractivity contribution in [3.63, 3.8) is 0 Å². The molecule has 0 aromatic heterocycles. The molecule has 0 aliphatic heterocycles. The number of ether oxygens (including phenoxy) is 3. The topological polar surface area (TPSA) is 90.9 Å². The first-order chi connectivity index (χ1) is 13.8. The minimum absolute atomic E-state index is 0.120. The Morgan fingerprint density at radius 3 is 2.07 bits per heavy atom. The maximum Gasteiger partial charge on any atom is 0.306 e. The van der Waals surface area contributed by atoms with Crippen LogP contribution in [0.15, 0.2) is 42.5 Å². The van der Waals surface area contributed by atoms with Crippen molar-refractivity contribution >= 4 is 23.3 Å². The zero-order valence-corrected chi connectivity index (χ0v) is 17.0. The van der Waals surface area contributed by atoms with Crippen molar-refractivity contribution in [2.24, 2.45) is 0 Å². The number of hydrogen-bond donors (Lipinski definition) is 1. The van der Waals surface area contributed by atoms with Crippen LogP contribution in [-0.4, -0.2) is 38.0 Å². The molecule has 1 amide bonds. The molecule has 2 aromatic rings. The second-order valence-corrected chi connectivity index (χ2v) is 6.48. The number of nitrogens with one attached hydrogen (secondary N) is 1. The van der Waals surface area contributed by atoms with Gasteiger partial charge >= 0.3 is 5.97 Å². The lowest BCUT2D eigenvalue weighted by Gasteiger charge is -2.13. The number of amides is 1. The maximum atomic E-state index is 12.5. The molecule has 1 N–H and O–H groups in total. The van der Waals surface area contributed by atoms with Crippen LogP contribution in [0.5, 0.6) is 11.5 Å². The number of benzene rings is 2. The molecule has 0 aliphatic carbocycles. The summed E-state index contributed by atoms with van der Waals surface area (Å²) in [5, 5.41) is 2.63. The van der Waals surface area contributed by atoms with Crippen LogP contribution in [0.2, 0.25) is 0 Å². The molecule has 2 rings (SSSR count). The molecule has 0 radical (unpaired) electrons. The van der Waals surface area contributed by atoms with Gasteiger partial charge in [-0.05, 0) is 55.3 Å². The zero-order valence-electron chi connectivity index (χ0n) is 17.0. The van der Waals surface area contributed by atoms with E-state index in [4.69, 9.17) is 14.2 Å². The Labute approximate surface area is 170 Å². The molecule has 154 valence electrons. The Kier molecular flexibility index (Phi) is 7.77. The van der Waals surface area contributed by atoms with Gasteiger partial charge in [0.1, 0.15) is 11.5 Å². The van der Waals surface area contributed by atoms with Crippen LogP contribution in [-0.2, 0) is 20.7 Å². The molecule has 0 fully saturated rings. The Hall–Kier alpha value is -3.35. The van der Waals surface area contributed by atoms with E-state index in [-0.39, 0.29) is 18.1 Å². The van der Waals surface area contributed by atoms with Gasteiger partial charge in [0.15, 0.2) is 6.10 Å². The Bertz CT molecular complexity index is 853. The summed E-state index contributed by atoms with van der Waals surface area (Å²) in [6.07, 6.45) is -0.359. The maximum absolute atomic E-state index is 12.5. The van der Waals surface area contributed by atoms with Gasteiger partial charge in [-0.3, -0.25) is 14.4 Å². The number of carbonyl (C=O) groups is 3. The number of rotatable bonds is 9. The number of hydrogen-bond acceptors (Lipinski definition) is 6. The summed E-state index contributed by atoms with van der Waals surface area (Å²) < 4.78 is 15.7. The van der Waals surface area contributed by atoms with Gasteiger partial charge in [0.25, 0.3) is 0 Å². The molecule has 0 saturated heterocycles. The Morgan fingerprint density at radius 2 is 1.55 bits per heavy atom. The largest absolute Gasteiger partial charge is 0.497 e. The molecule has 0 saturated carbocycles. The number of esters is 1. The first-order valence-corrected chi connectivity index (χ1v) is 9.15. The first-order valence-electron chi connectivity index (χ1n) is 9.15. The number of anilines is 1. The third kappa shape index (κ3) is 6.64. The third-order valence-electron chi connectivity index (χ3n) is 4.20. The van der Waals surface area contributed by atoms with Crippen molar-refractivity contribution in [3.05, 3.63) is 53.6 Å². The van der Waals surface area contributed by atoms with E-state index in [0.29, 0.717) is 29.2 Å². The summed E-state index contributed by atoms with van der Waals surface area (Å²) >= 11 is 0. The van der Waals surface area contributed by atoms with Gasteiger partial charge in [0.05, 0.1) is 14.2 Å². The fourth-order valence-corrected chi connectivity index (χ4v) is 2.72. The lowest BCUT2D eigenvalue weighted by molar-refractivity contribution is -0.146. The van der Waals surface area contributed by atoms with Crippen LogP contribution < -0.4 is 14.8 Å². The molecule has 2 aromatic carbocycles. The summed E-state index contributed by atoms with van der Waals surface area (Å²) in [5.74, 6) is 0.302. The SMILES string of the molecule is COc1cc(CCC(=O)O[C@H](C)C(=O)c2ccc(NC(C)=O)cc2)cc(OC)c1. The summed E-state index contributed by atoms with van der Waals surface area (Å²) in [5.41, 5.74) is 1.86. The molecule has 0 bridgehead atoms. The van der Waals surface area contributed by atoms with E-state index >= 15 is 0 Å². The monoisotopic (exact) mass is 399 g/mol. The predicted molar refractivity (Wildman–Crippen MR) is 108 cm³/mol. The van der Waals surface area contributed by atoms with Gasteiger partial charge in [-0.25, -0.2) is 0 Å². The van der Waals surface area contributed by atoms with Crippen LogP contribution in [0.1, 0.15) is 36.2 Å². The fraction of sp³-hybridized carbons (Fsp3) is 0.318. The molecular weight excluding hydrogens is 374 g/mol. The van der Waals surface area contributed by atoms with Crippen molar-refractivity contribution in [3.8, 4) is 11.5 Å². The van der Waals surface area contributed by atoms with E-state index < -0.39 is 12.1 Å². The highest BCUT2D eigenvalue weighted by atomic mass is 16.5. The average molecular weight is 399 g/mol. The van der Waals surface area contributed by atoms with Gasteiger partial charge in [0, 0.05) is 30.7 Å². The van der Waals surface area contributed by atoms with E-state index in [2.05, 4.69) is 5.32 Å². The van der Waals surface area contributed by atoms with E-state index in [9.17, 15) is 14.4 Å². The quantitative estimate of drug-likeness (QED) is 0.513. The molecule has 29 heavy (non-hydrogen) atoms. The molecular formula is C22H25NO6. The second kappa shape index (κ2) is 10.3. The average Bonchev–Trinajstić information content (AvgIpc) is 2.71. The molecule has 0 heterocycles. The van der Waals surface area contributed by atoms with Crippen LogP contribution in [0, 0.1) is 0 Å². The highest BCUT2D eigenvalue weighted by Gasteiger charge is 2.19. The smallest absolute Gasteiger partial charge is 0.306 e. The molecule has 7 nitrogen and oxygen atoms in total. The zero-order chi connectivity index (χ0) is 21.4. The first kappa shape index (κ1) is 21.9. The normalized spacial score (nSPS) is 11.3. The van der Waals surface area contributed by atoms with Crippen molar-refractivity contribution in [1.29, 1.82) is 0 Å². The third-order valence-corrected chi connectivity index (χ3v) is 4.20. The van der Waals surface area contributed by atoms with Crippen LogP contribution in [0.25, 0.3) is 0 Å². The van der Waals surface area contributed by atoms with Gasteiger partial charge in [-0.15, -0.1) is 0 Å². The number of methoxy groups -OCH3 is 2. The predicted octanol–water partition coefficient (Wildman–Crippen LogP) is 3.41. The Balaban J connectivity index is 1.91. The van der Waals surface area contributed by atoms with Gasteiger partial charge in [-0.1, -0.05) is 0 Å². The Morgan fingerprint density at radius 1 is 0.966 bits per heavy atom. The van der Waals surface area contributed by atoms with Gasteiger partial charge < -0.3 is 19.5 Å². The van der Waals surface area contributed by atoms with Crippen molar-refractivity contribution in [1.82, 2.24) is 0 Å². The summed E-state index contributed by atoms with van der Waals surface area (Å²) in [6, 6.07) is 11.8. The molecule has 7 heteroatoms. The van der Waals surface area contributed by atoms with Crippen molar-refractivity contribution < 1.29 is 28.6 Å². The molecule has 0 aliphatic rings. The summed E-state index contributed by atoms with van der Waals surface area (Å²) in [7, 11) is 3.12. The minimum Gasteiger partial charge on any atom is -0.497 e. The van der Waals surface area contributed by atoms with E-state index in [1.165, 1.54) is 13.8 Å². The molecule has 1 atom stereocenters. The standard InChI is InChI=1S/C22H25NO6/c1-14(22(26)17-6-8-18(9-7-17)23-15(2)24)29-21(25)10-5-16-11-19(27-3)13-20(12-16)28-4/h6-9,11-14H,5,10H2,1-4H3,(H,23,24)/t14-/m1/s1. The van der Waals surface area contributed by atoms with Crippen molar-refractivity contribution in [2.75, 3.05) is 19.5 Å².